The molecule has 8 nitrogen and oxygen atoms in total. The average molecular weight is 529 g/mol. The van der Waals surface area contributed by atoms with Gasteiger partial charge in [-0.25, -0.2) is 13.4 Å². The number of alkyl halides is 3. The first-order valence-electron chi connectivity index (χ1n) is 11.7. The number of rotatable bonds is 10. The lowest BCUT2D eigenvalue weighted by Gasteiger charge is -2.16. The van der Waals surface area contributed by atoms with Crippen molar-refractivity contribution < 1.29 is 21.6 Å². The fourth-order valence-corrected chi connectivity index (χ4v) is 4.65. The lowest BCUT2D eigenvalue weighted by molar-refractivity contribution is -0.137. The summed E-state index contributed by atoms with van der Waals surface area (Å²) in [6, 6.07) is 0. The molecular formula is C24H35F3N6O2S. The van der Waals surface area contributed by atoms with E-state index < -0.39 is 32.6 Å². The molecule has 0 aliphatic rings. The highest BCUT2D eigenvalue weighted by atomic mass is 32.2. The zero-order valence-electron chi connectivity index (χ0n) is 21.9. The number of hydrogen-bond acceptors (Lipinski definition) is 7. The molecule has 0 aromatic carbocycles. The second kappa shape index (κ2) is 11.4. The molecule has 1 atom stereocenters. The van der Waals surface area contributed by atoms with Gasteiger partial charge in [0.1, 0.15) is 11.4 Å². The van der Waals surface area contributed by atoms with Crippen LogP contribution in [0.3, 0.4) is 0 Å². The summed E-state index contributed by atoms with van der Waals surface area (Å²) < 4.78 is 67.8. The van der Waals surface area contributed by atoms with Crippen molar-refractivity contribution in [2.24, 2.45) is 13.0 Å². The summed E-state index contributed by atoms with van der Waals surface area (Å²) in [5, 5.41) is 8.24. The maximum absolute atomic E-state index is 13.7. The molecule has 0 saturated carbocycles. The van der Waals surface area contributed by atoms with Gasteiger partial charge in [0, 0.05) is 25.1 Å². The van der Waals surface area contributed by atoms with E-state index in [-0.39, 0.29) is 16.7 Å². The second-order valence-electron chi connectivity index (χ2n) is 9.20. The third-order valence-electron chi connectivity index (χ3n) is 5.86. The fourth-order valence-electron chi connectivity index (χ4n) is 3.55. The van der Waals surface area contributed by atoms with Gasteiger partial charge in [0.25, 0.3) is 0 Å². The molecule has 1 unspecified atom stereocenters. The van der Waals surface area contributed by atoms with Gasteiger partial charge in [-0.1, -0.05) is 31.4 Å². The van der Waals surface area contributed by atoms with Gasteiger partial charge in [-0.05, 0) is 53.0 Å². The Morgan fingerprint density at radius 1 is 1.19 bits per heavy atom. The molecule has 2 heterocycles. The zero-order chi connectivity index (χ0) is 27.4. The van der Waals surface area contributed by atoms with E-state index in [2.05, 4.69) is 46.5 Å². The molecule has 12 heteroatoms. The summed E-state index contributed by atoms with van der Waals surface area (Å²) in [7, 11) is -2.38. The maximum Gasteiger partial charge on any atom is 0.421 e. The molecular weight excluding hydrogens is 493 g/mol. The first-order chi connectivity index (χ1) is 16.6. The van der Waals surface area contributed by atoms with Crippen LogP contribution in [0.2, 0.25) is 0 Å². The molecule has 2 N–H and O–H groups in total. The second-order valence-corrected chi connectivity index (χ2v) is 11.6. The molecule has 0 spiro atoms. The number of hydrogen-bond donors (Lipinski definition) is 2. The highest BCUT2D eigenvalue weighted by molar-refractivity contribution is 7.92. The number of aromatic nitrogens is 4. The lowest BCUT2D eigenvalue weighted by atomic mass is 9.93. The predicted octanol–water partition coefficient (Wildman–Crippen LogP) is 6.24. The van der Waals surface area contributed by atoms with Crippen LogP contribution >= 0.6 is 0 Å². The standard InChI is InChI=1S/C24H35F3N6O2S/c1-9-10-15(4)18(7)16(5)11-17(6)29-23-28-12-19(24(25,26)27)21(31-23)30-20-13-33(8)32-22(20)36(34,35)14(2)3/h11-15H,9-10H2,1-8H3,(H2,28,29,30,31)/b17-11+,18-16+. The van der Waals surface area contributed by atoms with Crippen LogP contribution in [0, 0.1) is 5.92 Å². The lowest BCUT2D eigenvalue weighted by Crippen LogP contribution is -2.17. The van der Waals surface area contributed by atoms with Gasteiger partial charge in [0.15, 0.2) is 0 Å². The van der Waals surface area contributed by atoms with Crippen molar-refractivity contribution in [1.29, 1.82) is 0 Å². The quantitative estimate of drug-likeness (QED) is 0.352. The molecule has 0 amide bonds. The molecule has 200 valence electrons. The monoisotopic (exact) mass is 528 g/mol. The van der Waals surface area contributed by atoms with Gasteiger partial charge < -0.3 is 10.6 Å². The van der Waals surface area contributed by atoms with Gasteiger partial charge in [-0.15, -0.1) is 0 Å². The van der Waals surface area contributed by atoms with Gasteiger partial charge in [0.2, 0.25) is 20.8 Å². The Hall–Kier alpha value is -2.89. The van der Waals surface area contributed by atoms with Crippen LogP contribution in [0.4, 0.5) is 30.6 Å². The predicted molar refractivity (Wildman–Crippen MR) is 136 cm³/mol. The van der Waals surface area contributed by atoms with Crippen LogP contribution in [0.15, 0.2) is 40.3 Å². The molecule has 2 aromatic heterocycles. The first-order valence-corrected chi connectivity index (χ1v) is 13.2. The minimum Gasteiger partial charge on any atom is -0.336 e. The molecule has 36 heavy (non-hydrogen) atoms. The largest absolute Gasteiger partial charge is 0.421 e. The Morgan fingerprint density at radius 2 is 1.83 bits per heavy atom. The molecule has 2 rings (SSSR count). The molecule has 2 aromatic rings. The molecule has 0 radical (unpaired) electrons. The number of nitrogens with zero attached hydrogens (tertiary/aromatic N) is 4. The first kappa shape index (κ1) is 29.3. The number of allylic oxidation sites excluding steroid dienone is 4. The maximum atomic E-state index is 13.7. The van der Waals surface area contributed by atoms with Crippen molar-refractivity contribution in [3.8, 4) is 0 Å². The minimum absolute atomic E-state index is 0.0662. The van der Waals surface area contributed by atoms with E-state index in [4.69, 9.17) is 0 Å². The van der Waals surface area contributed by atoms with E-state index in [9.17, 15) is 21.6 Å². The fraction of sp³-hybridized carbons (Fsp3) is 0.542. The third kappa shape index (κ3) is 7.08. The number of nitrogens with one attached hydrogen (secondary N) is 2. The molecule has 0 aliphatic carbocycles. The SMILES string of the molecule is CCCC(C)/C(C)=C(C)/C=C(\C)Nc1ncc(C(F)(F)F)c(Nc2cn(C)nc2S(=O)(=O)C(C)C)n1. The van der Waals surface area contributed by atoms with Crippen molar-refractivity contribution in [3.63, 3.8) is 0 Å². The van der Waals surface area contributed by atoms with Crippen molar-refractivity contribution in [2.45, 2.75) is 77.8 Å². The Kier molecular flexibility index (Phi) is 9.33. The third-order valence-corrected chi connectivity index (χ3v) is 7.94. The zero-order valence-corrected chi connectivity index (χ0v) is 22.8. The smallest absolute Gasteiger partial charge is 0.336 e. The van der Waals surface area contributed by atoms with Gasteiger partial charge in [-0.2, -0.15) is 23.3 Å². The van der Waals surface area contributed by atoms with Crippen LogP contribution in [0.1, 0.15) is 66.9 Å². The summed E-state index contributed by atoms with van der Waals surface area (Å²) in [4.78, 5) is 7.86. The van der Waals surface area contributed by atoms with Crippen LogP contribution in [0.5, 0.6) is 0 Å². The number of sulfone groups is 1. The molecule has 0 fully saturated rings. The van der Waals surface area contributed by atoms with E-state index in [0.29, 0.717) is 17.8 Å². The Bertz CT molecular complexity index is 1250. The minimum atomic E-state index is -4.77. The van der Waals surface area contributed by atoms with Crippen molar-refractivity contribution in [2.75, 3.05) is 10.6 Å². The van der Waals surface area contributed by atoms with Crippen LogP contribution in [0.25, 0.3) is 0 Å². The number of anilines is 3. The molecule has 0 aliphatic heterocycles. The number of halogens is 3. The van der Waals surface area contributed by atoms with E-state index in [1.165, 1.54) is 37.3 Å². The van der Waals surface area contributed by atoms with E-state index in [1.807, 2.05) is 13.0 Å². The van der Waals surface area contributed by atoms with Crippen LogP contribution < -0.4 is 10.6 Å². The van der Waals surface area contributed by atoms with Gasteiger partial charge >= 0.3 is 6.18 Å². The summed E-state index contributed by atoms with van der Waals surface area (Å²) in [6.07, 6.45) is 1.21. The van der Waals surface area contributed by atoms with Crippen molar-refractivity contribution in [3.05, 3.63) is 40.9 Å². The van der Waals surface area contributed by atoms with Crippen LogP contribution in [-0.4, -0.2) is 33.4 Å². The van der Waals surface area contributed by atoms with E-state index in [1.54, 1.807) is 6.92 Å². The Labute approximate surface area is 211 Å². The molecule has 0 bridgehead atoms. The highest BCUT2D eigenvalue weighted by Crippen LogP contribution is 2.36. The summed E-state index contributed by atoms with van der Waals surface area (Å²) in [6.45, 7) is 13.0. The summed E-state index contributed by atoms with van der Waals surface area (Å²) in [5.74, 6) is -0.238. The summed E-state index contributed by atoms with van der Waals surface area (Å²) >= 11 is 0. The Morgan fingerprint density at radius 3 is 2.39 bits per heavy atom. The van der Waals surface area contributed by atoms with Gasteiger partial charge in [-0.3, -0.25) is 4.68 Å². The van der Waals surface area contributed by atoms with E-state index in [0.717, 1.165) is 18.4 Å². The van der Waals surface area contributed by atoms with E-state index >= 15 is 0 Å². The molecule has 0 saturated heterocycles. The van der Waals surface area contributed by atoms with Crippen molar-refractivity contribution in [1.82, 2.24) is 19.7 Å². The van der Waals surface area contributed by atoms with Crippen molar-refractivity contribution >= 4 is 27.3 Å². The van der Waals surface area contributed by atoms with Crippen LogP contribution in [-0.2, 0) is 23.1 Å². The Balaban J connectivity index is 2.48. The highest BCUT2D eigenvalue weighted by Gasteiger charge is 2.36. The summed E-state index contributed by atoms with van der Waals surface area (Å²) in [5.41, 5.74) is 1.68. The number of aryl methyl sites for hydroxylation is 1. The van der Waals surface area contributed by atoms with Gasteiger partial charge in [0.05, 0.1) is 10.9 Å². The topological polar surface area (TPSA) is 102 Å². The average Bonchev–Trinajstić information content (AvgIpc) is 3.13. The normalized spacial score (nSPS) is 14.6.